The van der Waals surface area contributed by atoms with E-state index < -0.39 is 5.91 Å². The predicted octanol–water partition coefficient (Wildman–Crippen LogP) is 2.29. The summed E-state index contributed by atoms with van der Waals surface area (Å²) in [7, 11) is 0. The van der Waals surface area contributed by atoms with Crippen molar-refractivity contribution < 1.29 is 4.79 Å². The third kappa shape index (κ3) is 3.10. The maximum absolute atomic E-state index is 11.6. The minimum absolute atomic E-state index is 0.379. The number of rotatable bonds is 4. The number of aromatic amines is 1. The zero-order valence-electron chi connectivity index (χ0n) is 14.0. The van der Waals surface area contributed by atoms with Crippen LogP contribution in [-0.2, 0) is 6.42 Å². The molecule has 0 aliphatic carbocycles. The number of hydrogen-bond acceptors (Lipinski definition) is 3. The molecule has 1 unspecified atom stereocenters. The van der Waals surface area contributed by atoms with Crippen molar-refractivity contribution in [1.82, 2.24) is 10.3 Å². The number of aromatic nitrogens is 1. The van der Waals surface area contributed by atoms with Crippen molar-refractivity contribution in [2.24, 2.45) is 5.73 Å². The first-order valence-corrected chi connectivity index (χ1v) is 8.64. The van der Waals surface area contributed by atoms with E-state index in [9.17, 15) is 4.79 Å². The number of H-pyrrole nitrogens is 1. The first kappa shape index (κ1) is 15.7. The standard InChI is InChI=1S/C20H22N4O/c21-20(25)18-13-23-19-7-6-15(11-17(18)19)24-9-8-22-12-16(24)10-14-4-2-1-3-5-14/h1-7,11,13,16,22-23H,8-10,12H2,(H2,21,25). The first-order chi connectivity index (χ1) is 12.2. The zero-order chi connectivity index (χ0) is 17.2. The fourth-order valence-electron chi connectivity index (χ4n) is 3.66. The fraction of sp³-hybridized carbons (Fsp3) is 0.250. The molecule has 1 amide bonds. The van der Waals surface area contributed by atoms with Gasteiger partial charge in [-0.25, -0.2) is 0 Å². The molecule has 0 saturated carbocycles. The average Bonchev–Trinajstić information content (AvgIpc) is 3.06. The highest BCUT2D eigenvalue weighted by molar-refractivity contribution is 6.06. The van der Waals surface area contributed by atoms with E-state index in [2.05, 4.69) is 51.6 Å². The van der Waals surface area contributed by atoms with E-state index in [1.807, 2.05) is 12.1 Å². The van der Waals surface area contributed by atoms with Crippen LogP contribution < -0.4 is 16.0 Å². The molecule has 25 heavy (non-hydrogen) atoms. The van der Waals surface area contributed by atoms with Crippen LogP contribution in [0, 0.1) is 0 Å². The van der Waals surface area contributed by atoms with E-state index >= 15 is 0 Å². The molecular weight excluding hydrogens is 312 g/mol. The van der Waals surface area contributed by atoms with Crippen LogP contribution in [0.1, 0.15) is 15.9 Å². The molecule has 1 atom stereocenters. The Balaban J connectivity index is 1.67. The number of nitrogens with zero attached hydrogens (tertiary/aromatic N) is 1. The highest BCUT2D eigenvalue weighted by Crippen LogP contribution is 2.27. The molecule has 4 N–H and O–H groups in total. The van der Waals surface area contributed by atoms with Crippen molar-refractivity contribution in [3.8, 4) is 0 Å². The number of benzene rings is 2. The number of carbonyl (C=O) groups excluding carboxylic acids is 1. The second-order valence-electron chi connectivity index (χ2n) is 6.54. The predicted molar refractivity (Wildman–Crippen MR) is 101 cm³/mol. The van der Waals surface area contributed by atoms with Gasteiger partial charge in [0.05, 0.1) is 5.56 Å². The van der Waals surface area contributed by atoms with Gasteiger partial charge in [0.25, 0.3) is 5.91 Å². The van der Waals surface area contributed by atoms with E-state index in [1.54, 1.807) is 6.20 Å². The van der Waals surface area contributed by atoms with Gasteiger partial charge in [-0.3, -0.25) is 4.79 Å². The average molecular weight is 334 g/mol. The Morgan fingerprint density at radius 2 is 2.04 bits per heavy atom. The number of anilines is 1. The van der Waals surface area contributed by atoms with Crippen LogP contribution in [0.4, 0.5) is 5.69 Å². The molecule has 4 rings (SSSR count). The normalized spacial score (nSPS) is 17.8. The Hall–Kier alpha value is -2.79. The van der Waals surface area contributed by atoms with E-state index in [0.717, 1.165) is 42.6 Å². The molecule has 0 bridgehead atoms. The van der Waals surface area contributed by atoms with Crippen molar-refractivity contribution in [3.63, 3.8) is 0 Å². The summed E-state index contributed by atoms with van der Waals surface area (Å²) >= 11 is 0. The molecule has 0 spiro atoms. The van der Waals surface area contributed by atoms with Gasteiger partial charge in [0, 0.05) is 48.5 Å². The molecule has 1 aliphatic rings. The minimum Gasteiger partial charge on any atom is -0.366 e. The van der Waals surface area contributed by atoms with Crippen LogP contribution >= 0.6 is 0 Å². The van der Waals surface area contributed by atoms with Crippen LogP contribution in [0.5, 0.6) is 0 Å². The van der Waals surface area contributed by atoms with Crippen LogP contribution in [0.2, 0.25) is 0 Å². The van der Waals surface area contributed by atoms with Crippen molar-refractivity contribution in [3.05, 3.63) is 65.9 Å². The molecule has 3 aromatic rings. The summed E-state index contributed by atoms with van der Waals surface area (Å²) in [5.74, 6) is -0.399. The lowest BCUT2D eigenvalue weighted by Crippen LogP contribution is -2.52. The van der Waals surface area contributed by atoms with Crippen LogP contribution in [0.15, 0.2) is 54.7 Å². The largest absolute Gasteiger partial charge is 0.366 e. The second kappa shape index (κ2) is 6.61. The van der Waals surface area contributed by atoms with Gasteiger partial charge >= 0.3 is 0 Å². The van der Waals surface area contributed by atoms with Crippen molar-refractivity contribution in [1.29, 1.82) is 0 Å². The molecule has 128 valence electrons. The Kier molecular flexibility index (Phi) is 4.15. The number of hydrogen-bond donors (Lipinski definition) is 3. The lowest BCUT2D eigenvalue weighted by Gasteiger charge is -2.38. The highest BCUT2D eigenvalue weighted by atomic mass is 16.1. The fourth-order valence-corrected chi connectivity index (χ4v) is 3.66. The monoisotopic (exact) mass is 334 g/mol. The van der Waals surface area contributed by atoms with Gasteiger partial charge in [0.15, 0.2) is 0 Å². The molecule has 2 aromatic carbocycles. The van der Waals surface area contributed by atoms with Gasteiger partial charge < -0.3 is 20.9 Å². The molecule has 0 radical (unpaired) electrons. The quantitative estimate of drug-likeness (QED) is 0.685. The second-order valence-corrected chi connectivity index (χ2v) is 6.54. The van der Waals surface area contributed by atoms with E-state index in [-0.39, 0.29) is 0 Å². The van der Waals surface area contributed by atoms with E-state index in [4.69, 9.17) is 5.73 Å². The van der Waals surface area contributed by atoms with E-state index in [0.29, 0.717) is 11.6 Å². The third-order valence-corrected chi connectivity index (χ3v) is 4.93. The van der Waals surface area contributed by atoms with Gasteiger partial charge in [0.2, 0.25) is 0 Å². The smallest absolute Gasteiger partial charge is 0.250 e. The van der Waals surface area contributed by atoms with Gasteiger partial charge in [-0.05, 0) is 30.2 Å². The van der Waals surface area contributed by atoms with Gasteiger partial charge in [-0.2, -0.15) is 0 Å². The maximum atomic E-state index is 11.6. The number of carbonyl (C=O) groups is 1. The number of amides is 1. The summed E-state index contributed by atoms with van der Waals surface area (Å²) in [5.41, 5.74) is 9.46. The van der Waals surface area contributed by atoms with Gasteiger partial charge in [0.1, 0.15) is 0 Å². The molecule has 1 fully saturated rings. The van der Waals surface area contributed by atoms with Crippen molar-refractivity contribution in [2.75, 3.05) is 24.5 Å². The Bertz CT molecular complexity index is 887. The molecule has 5 nitrogen and oxygen atoms in total. The summed E-state index contributed by atoms with van der Waals surface area (Å²) in [6.07, 6.45) is 2.68. The lowest BCUT2D eigenvalue weighted by molar-refractivity contribution is 0.100. The van der Waals surface area contributed by atoms with Crippen molar-refractivity contribution >= 4 is 22.5 Å². The van der Waals surface area contributed by atoms with Crippen LogP contribution in [-0.4, -0.2) is 36.6 Å². The van der Waals surface area contributed by atoms with Gasteiger partial charge in [-0.1, -0.05) is 30.3 Å². The van der Waals surface area contributed by atoms with Crippen LogP contribution in [0.25, 0.3) is 10.9 Å². The number of fused-ring (bicyclic) bond motifs is 1. The number of nitrogens with two attached hydrogens (primary N) is 1. The number of primary amides is 1. The summed E-state index contributed by atoms with van der Waals surface area (Å²) in [5, 5.41) is 4.39. The number of nitrogens with one attached hydrogen (secondary N) is 2. The summed E-state index contributed by atoms with van der Waals surface area (Å²) in [4.78, 5) is 17.2. The zero-order valence-corrected chi connectivity index (χ0v) is 14.0. The van der Waals surface area contributed by atoms with E-state index in [1.165, 1.54) is 5.56 Å². The number of piperazine rings is 1. The Labute approximate surface area is 146 Å². The molecule has 1 aliphatic heterocycles. The molecule has 2 heterocycles. The van der Waals surface area contributed by atoms with Gasteiger partial charge in [-0.15, -0.1) is 0 Å². The van der Waals surface area contributed by atoms with Crippen LogP contribution in [0.3, 0.4) is 0 Å². The molecule has 1 aromatic heterocycles. The summed E-state index contributed by atoms with van der Waals surface area (Å²) in [6.45, 7) is 2.85. The Morgan fingerprint density at radius 1 is 1.20 bits per heavy atom. The first-order valence-electron chi connectivity index (χ1n) is 8.64. The molecule has 1 saturated heterocycles. The topological polar surface area (TPSA) is 74.2 Å². The molecular formula is C20H22N4O. The lowest BCUT2D eigenvalue weighted by atomic mass is 10.0. The van der Waals surface area contributed by atoms with Crippen molar-refractivity contribution in [2.45, 2.75) is 12.5 Å². The maximum Gasteiger partial charge on any atom is 0.250 e. The summed E-state index contributed by atoms with van der Waals surface area (Å²) < 4.78 is 0. The SMILES string of the molecule is NC(=O)c1c[nH]c2ccc(N3CCNCC3Cc3ccccc3)cc12. The third-order valence-electron chi connectivity index (χ3n) is 4.93. The minimum atomic E-state index is -0.399. The molecule has 5 heteroatoms. The Morgan fingerprint density at radius 3 is 2.84 bits per heavy atom. The summed E-state index contributed by atoms with van der Waals surface area (Å²) in [6, 6.07) is 17.2. The highest BCUT2D eigenvalue weighted by Gasteiger charge is 2.23.